The Morgan fingerprint density at radius 3 is 3.00 bits per heavy atom. The van der Waals surface area contributed by atoms with Crippen LogP contribution in [0.5, 0.6) is 0 Å². The van der Waals surface area contributed by atoms with E-state index in [0.29, 0.717) is 12.8 Å². The standard InChI is InChI=1S/C12H21NO3/c1-3-10(11(14)16-2)12(15)5-7-13-6-4-9(12)8-13/h9-10,15H,3-8H2,1-2H3. The summed E-state index contributed by atoms with van der Waals surface area (Å²) in [7, 11) is 1.40. The van der Waals surface area contributed by atoms with E-state index in [2.05, 4.69) is 4.90 Å². The lowest BCUT2D eigenvalue weighted by Crippen LogP contribution is -2.53. The van der Waals surface area contributed by atoms with Gasteiger partial charge in [-0.3, -0.25) is 4.79 Å². The van der Waals surface area contributed by atoms with E-state index in [1.165, 1.54) is 7.11 Å². The lowest BCUT2D eigenvalue weighted by Gasteiger charge is -2.42. The zero-order valence-corrected chi connectivity index (χ0v) is 10.1. The number of ether oxygens (including phenoxy) is 1. The van der Waals surface area contributed by atoms with Gasteiger partial charge < -0.3 is 14.7 Å². The number of esters is 1. The summed E-state index contributed by atoms with van der Waals surface area (Å²) in [6.07, 6.45) is 2.36. The lowest BCUT2D eigenvalue weighted by atomic mass is 9.72. The maximum atomic E-state index is 11.7. The first kappa shape index (κ1) is 11.9. The van der Waals surface area contributed by atoms with Crippen molar-refractivity contribution in [3.63, 3.8) is 0 Å². The SMILES string of the molecule is CCC(C(=O)OC)C1(O)CCN2CCC1C2. The number of carbonyl (C=O) groups is 1. The third-order valence-corrected chi connectivity index (χ3v) is 4.31. The summed E-state index contributed by atoms with van der Waals surface area (Å²) in [5.41, 5.74) is -0.838. The highest BCUT2D eigenvalue weighted by Gasteiger charge is 2.51. The van der Waals surface area contributed by atoms with Crippen LogP contribution >= 0.6 is 0 Å². The fourth-order valence-corrected chi connectivity index (χ4v) is 3.31. The van der Waals surface area contributed by atoms with Crippen molar-refractivity contribution >= 4 is 5.97 Å². The van der Waals surface area contributed by atoms with Crippen LogP contribution in [-0.2, 0) is 9.53 Å². The number of rotatable bonds is 3. The average molecular weight is 227 g/mol. The Balaban J connectivity index is 2.18. The van der Waals surface area contributed by atoms with Crippen LogP contribution in [0.4, 0.5) is 0 Å². The van der Waals surface area contributed by atoms with E-state index in [1.807, 2.05) is 6.92 Å². The topological polar surface area (TPSA) is 49.8 Å². The second-order valence-electron chi connectivity index (χ2n) is 5.01. The molecule has 1 N–H and O–H groups in total. The maximum absolute atomic E-state index is 11.7. The quantitative estimate of drug-likeness (QED) is 0.719. The van der Waals surface area contributed by atoms with Gasteiger partial charge in [-0.15, -0.1) is 0 Å². The van der Waals surface area contributed by atoms with Gasteiger partial charge in [0.15, 0.2) is 0 Å². The summed E-state index contributed by atoms with van der Waals surface area (Å²) in [5, 5.41) is 10.8. The molecule has 0 aromatic carbocycles. The van der Waals surface area contributed by atoms with Crippen molar-refractivity contribution < 1.29 is 14.6 Å². The molecule has 0 aromatic rings. The number of aliphatic hydroxyl groups is 1. The smallest absolute Gasteiger partial charge is 0.311 e. The number of hydrogen-bond acceptors (Lipinski definition) is 4. The minimum Gasteiger partial charge on any atom is -0.469 e. The van der Waals surface area contributed by atoms with Gasteiger partial charge in [-0.25, -0.2) is 0 Å². The molecule has 0 aliphatic carbocycles. The lowest BCUT2D eigenvalue weighted by molar-refractivity contribution is -0.164. The van der Waals surface area contributed by atoms with Gasteiger partial charge in [-0.1, -0.05) is 6.92 Å². The summed E-state index contributed by atoms with van der Waals surface area (Å²) >= 11 is 0. The van der Waals surface area contributed by atoms with E-state index in [-0.39, 0.29) is 17.8 Å². The van der Waals surface area contributed by atoms with Gasteiger partial charge >= 0.3 is 5.97 Å². The molecule has 4 unspecified atom stereocenters. The monoisotopic (exact) mass is 227 g/mol. The van der Waals surface area contributed by atoms with Gasteiger partial charge in [-0.05, 0) is 25.8 Å². The molecule has 4 nitrogen and oxygen atoms in total. The molecule has 0 saturated carbocycles. The van der Waals surface area contributed by atoms with Crippen LogP contribution in [0.25, 0.3) is 0 Å². The molecule has 2 aliphatic heterocycles. The zero-order valence-electron chi connectivity index (χ0n) is 10.1. The molecule has 2 saturated heterocycles. The fraction of sp³-hybridized carbons (Fsp3) is 0.917. The normalized spacial score (nSPS) is 39.4. The first-order valence-electron chi connectivity index (χ1n) is 6.14. The second-order valence-corrected chi connectivity index (χ2v) is 5.01. The minimum atomic E-state index is -0.838. The Morgan fingerprint density at radius 1 is 1.62 bits per heavy atom. The third kappa shape index (κ3) is 1.74. The van der Waals surface area contributed by atoms with E-state index in [9.17, 15) is 9.90 Å². The van der Waals surface area contributed by atoms with Crippen molar-refractivity contribution in [2.45, 2.75) is 31.8 Å². The first-order valence-corrected chi connectivity index (χ1v) is 6.14. The molecule has 16 heavy (non-hydrogen) atoms. The predicted molar refractivity (Wildman–Crippen MR) is 59.9 cm³/mol. The number of nitrogens with zero attached hydrogens (tertiary/aromatic N) is 1. The zero-order chi connectivity index (χ0) is 11.8. The predicted octanol–water partition coefficient (Wildman–Crippen LogP) is 0.642. The minimum absolute atomic E-state index is 0.241. The highest BCUT2D eigenvalue weighted by Crippen LogP contribution is 2.41. The van der Waals surface area contributed by atoms with E-state index < -0.39 is 5.60 Å². The summed E-state index contributed by atoms with van der Waals surface area (Å²) in [6, 6.07) is 0. The molecular weight excluding hydrogens is 206 g/mol. The van der Waals surface area contributed by atoms with Crippen molar-refractivity contribution in [3.05, 3.63) is 0 Å². The maximum Gasteiger partial charge on any atom is 0.311 e. The van der Waals surface area contributed by atoms with E-state index >= 15 is 0 Å². The average Bonchev–Trinajstić information content (AvgIpc) is 2.70. The number of fused-ring (bicyclic) bond motifs is 2. The molecule has 4 atom stereocenters. The summed E-state index contributed by atoms with van der Waals surface area (Å²) in [5.74, 6) is -0.376. The fourth-order valence-electron chi connectivity index (χ4n) is 3.31. The van der Waals surface area contributed by atoms with Crippen LogP contribution in [0.2, 0.25) is 0 Å². The van der Waals surface area contributed by atoms with Crippen LogP contribution in [0.3, 0.4) is 0 Å². The van der Waals surface area contributed by atoms with E-state index in [4.69, 9.17) is 4.74 Å². The molecule has 0 radical (unpaired) electrons. The summed E-state index contributed by atoms with van der Waals surface area (Å²) in [6.45, 7) is 4.84. The molecule has 92 valence electrons. The second kappa shape index (κ2) is 4.34. The van der Waals surface area contributed by atoms with Gasteiger partial charge in [0.05, 0.1) is 18.6 Å². The number of hydrogen-bond donors (Lipinski definition) is 1. The van der Waals surface area contributed by atoms with Crippen molar-refractivity contribution in [1.29, 1.82) is 0 Å². The molecule has 2 bridgehead atoms. The van der Waals surface area contributed by atoms with Crippen LogP contribution < -0.4 is 0 Å². The van der Waals surface area contributed by atoms with Gasteiger partial charge in [0.1, 0.15) is 0 Å². The van der Waals surface area contributed by atoms with Crippen LogP contribution in [0.1, 0.15) is 26.2 Å². The van der Waals surface area contributed by atoms with E-state index in [0.717, 1.165) is 26.1 Å². The van der Waals surface area contributed by atoms with E-state index in [1.54, 1.807) is 0 Å². The van der Waals surface area contributed by atoms with Crippen molar-refractivity contribution in [1.82, 2.24) is 4.90 Å². The Labute approximate surface area is 96.6 Å². The molecule has 0 amide bonds. The molecule has 2 aliphatic rings. The highest BCUT2D eigenvalue weighted by atomic mass is 16.5. The number of piperidine rings is 1. The molecule has 0 aromatic heterocycles. The van der Waals surface area contributed by atoms with Gasteiger partial charge in [0, 0.05) is 19.0 Å². The molecule has 2 rings (SSSR count). The van der Waals surface area contributed by atoms with Crippen LogP contribution in [0, 0.1) is 11.8 Å². The largest absolute Gasteiger partial charge is 0.469 e. The van der Waals surface area contributed by atoms with Gasteiger partial charge in [0.2, 0.25) is 0 Å². The Kier molecular flexibility index (Phi) is 3.22. The summed E-state index contributed by atoms with van der Waals surface area (Å²) < 4.78 is 4.82. The van der Waals surface area contributed by atoms with Crippen LogP contribution in [0.15, 0.2) is 0 Å². The van der Waals surface area contributed by atoms with Gasteiger partial charge in [-0.2, -0.15) is 0 Å². The molecule has 4 heteroatoms. The molecule has 0 spiro atoms. The molecular formula is C12H21NO3. The molecule has 2 heterocycles. The Hall–Kier alpha value is -0.610. The van der Waals surface area contributed by atoms with Crippen molar-refractivity contribution in [2.75, 3.05) is 26.7 Å². The first-order chi connectivity index (χ1) is 7.61. The number of carbonyl (C=O) groups excluding carboxylic acids is 1. The van der Waals surface area contributed by atoms with Gasteiger partial charge in [0.25, 0.3) is 0 Å². The molecule has 2 fully saturated rings. The Bertz CT molecular complexity index is 281. The summed E-state index contributed by atoms with van der Waals surface area (Å²) in [4.78, 5) is 14.1. The Morgan fingerprint density at radius 2 is 2.38 bits per heavy atom. The highest BCUT2D eigenvalue weighted by molar-refractivity contribution is 5.73. The third-order valence-electron chi connectivity index (χ3n) is 4.31. The van der Waals surface area contributed by atoms with Crippen molar-refractivity contribution in [3.8, 4) is 0 Å². The van der Waals surface area contributed by atoms with Crippen LogP contribution in [-0.4, -0.2) is 48.3 Å². The number of methoxy groups -OCH3 is 1. The van der Waals surface area contributed by atoms with Crippen molar-refractivity contribution in [2.24, 2.45) is 11.8 Å².